The van der Waals surface area contributed by atoms with Crippen molar-refractivity contribution in [3.63, 3.8) is 0 Å². The molecular formula is C19H26O3. The van der Waals surface area contributed by atoms with Crippen molar-refractivity contribution in [2.75, 3.05) is 6.61 Å². The van der Waals surface area contributed by atoms with Crippen molar-refractivity contribution < 1.29 is 14.3 Å². The van der Waals surface area contributed by atoms with E-state index in [1.165, 1.54) is 0 Å². The van der Waals surface area contributed by atoms with E-state index in [9.17, 15) is 4.79 Å². The van der Waals surface area contributed by atoms with Gasteiger partial charge in [-0.1, -0.05) is 37.3 Å². The summed E-state index contributed by atoms with van der Waals surface area (Å²) in [5, 5.41) is 0. The molecule has 0 aliphatic heterocycles. The highest BCUT2D eigenvalue weighted by Gasteiger charge is 2.38. The van der Waals surface area contributed by atoms with Gasteiger partial charge >= 0.3 is 0 Å². The van der Waals surface area contributed by atoms with Crippen molar-refractivity contribution >= 4 is 5.78 Å². The molecule has 120 valence electrons. The summed E-state index contributed by atoms with van der Waals surface area (Å²) >= 11 is 0. The second-order valence-electron chi connectivity index (χ2n) is 6.58. The Balaban J connectivity index is 2.07. The Morgan fingerprint density at radius 1 is 1.23 bits per heavy atom. The maximum atomic E-state index is 12.0. The van der Waals surface area contributed by atoms with Gasteiger partial charge in [0.05, 0.1) is 19.3 Å². The minimum atomic E-state index is -0.225. The van der Waals surface area contributed by atoms with Crippen LogP contribution in [0.25, 0.3) is 0 Å². The number of ether oxygens (including phenoxy) is 2. The van der Waals surface area contributed by atoms with E-state index < -0.39 is 0 Å². The molecule has 1 aromatic rings. The van der Waals surface area contributed by atoms with Crippen molar-refractivity contribution in [2.24, 2.45) is 5.41 Å². The van der Waals surface area contributed by atoms with Crippen LogP contribution in [0, 0.1) is 5.41 Å². The van der Waals surface area contributed by atoms with Gasteiger partial charge in [0.2, 0.25) is 0 Å². The van der Waals surface area contributed by atoms with Crippen LogP contribution in [0.15, 0.2) is 41.7 Å². The average molecular weight is 302 g/mol. The van der Waals surface area contributed by atoms with Crippen LogP contribution < -0.4 is 0 Å². The number of benzene rings is 1. The first-order chi connectivity index (χ1) is 10.4. The highest BCUT2D eigenvalue weighted by molar-refractivity contribution is 5.96. The molecule has 1 aliphatic rings. The molecule has 0 bridgehead atoms. The van der Waals surface area contributed by atoms with Gasteiger partial charge in [-0.2, -0.15) is 0 Å². The molecular weight excluding hydrogens is 276 g/mol. The number of Topliss-reactive ketones (excluding diaryl/α,β-unsaturated/α-hetero) is 1. The van der Waals surface area contributed by atoms with Gasteiger partial charge in [0, 0.05) is 17.4 Å². The fourth-order valence-corrected chi connectivity index (χ4v) is 2.84. The Morgan fingerprint density at radius 2 is 1.91 bits per heavy atom. The molecule has 1 aromatic carbocycles. The zero-order valence-corrected chi connectivity index (χ0v) is 14.0. The molecule has 22 heavy (non-hydrogen) atoms. The molecule has 0 amide bonds. The number of hydrogen-bond acceptors (Lipinski definition) is 3. The van der Waals surface area contributed by atoms with Crippen LogP contribution in [0.2, 0.25) is 0 Å². The molecule has 0 fully saturated rings. The summed E-state index contributed by atoms with van der Waals surface area (Å²) in [4.78, 5) is 12.0. The van der Waals surface area contributed by atoms with Crippen molar-refractivity contribution in [3.8, 4) is 0 Å². The Bertz CT molecular complexity index is 545. The van der Waals surface area contributed by atoms with Crippen LogP contribution in [0.5, 0.6) is 0 Å². The smallest absolute Gasteiger partial charge is 0.161 e. The van der Waals surface area contributed by atoms with E-state index in [0.29, 0.717) is 19.6 Å². The third kappa shape index (κ3) is 3.98. The number of carbonyl (C=O) groups is 1. The van der Waals surface area contributed by atoms with E-state index in [0.717, 1.165) is 23.3 Å². The van der Waals surface area contributed by atoms with E-state index in [2.05, 4.69) is 19.1 Å². The lowest BCUT2D eigenvalue weighted by Crippen LogP contribution is -2.34. The Kier molecular flexibility index (Phi) is 5.41. The fourth-order valence-electron chi connectivity index (χ4n) is 2.84. The summed E-state index contributed by atoms with van der Waals surface area (Å²) in [6.07, 6.45) is 1.41. The third-order valence-electron chi connectivity index (χ3n) is 4.10. The summed E-state index contributed by atoms with van der Waals surface area (Å²) in [7, 11) is 0. The van der Waals surface area contributed by atoms with E-state index in [1.807, 2.05) is 39.0 Å². The minimum absolute atomic E-state index is 0.0595. The van der Waals surface area contributed by atoms with E-state index in [-0.39, 0.29) is 17.3 Å². The summed E-state index contributed by atoms with van der Waals surface area (Å²) in [5.74, 6) is 1.00. The number of hydrogen-bond donors (Lipinski definition) is 0. The first kappa shape index (κ1) is 16.8. The molecule has 2 rings (SSSR count). The second kappa shape index (κ2) is 7.10. The van der Waals surface area contributed by atoms with Gasteiger partial charge in [0.1, 0.15) is 5.76 Å². The fraction of sp³-hybridized carbons (Fsp3) is 0.526. The molecule has 0 unspecified atom stereocenters. The highest BCUT2D eigenvalue weighted by Crippen LogP contribution is 2.40. The molecule has 0 N–H and O–H groups in total. The molecule has 0 aromatic heterocycles. The van der Waals surface area contributed by atoms with Crippen molar-refractivity contribution in [2.45, 2.75) is 53.2 Å². The number of ketones is 1. The number of carbonyl (C=O) groups excluding carboxylic acids is 1. The predicted octanol–water partition coefficient (Wildman–Crippen LogP) is 4.27. The lowest BCUT2D eigenvalue weighted by molar-refractivity contribution is -0.118. The maximum Gasteiger partial charge on any atom is 0.161 e. The normalized spacial score (nSPS) is 22.3. The third-order valence-corrected chi connectivity index (χ3v) is 4.10. The lowest BCUT2D eigenvalue weighted by Gasteiger charge is -2.37. The predicted molar refractivity (Wildman–Crippen MR) is 87.4 cm³/mol. The zero-order chi connectivity index (χ0) is 16.2. The van der Waals surface area contributed by atoms with Crippen LogP contribution in [0.3, 0.4) is 0 Å². The van der Waals surface area contributed by atoms with Crippen molar-refractivity contribution in [3.05, 3.63) is 47.2 Å². The van der Waals surface area contributed by atoms with Gasteiger partial charge in [0.25, 0.3) is 0 Å². The maximum absolute atomic E-state index is 12.0. The van der Waals surface area contributed by atoms with Gasteiger partial charge in [-0.05, 0) is 32.8 Å². The van der Waals surface area contributed by atoms with Crippen LogP contribution in [-0.4, -0.2) is 18.5 Å². The van der Waals surface area contributed by atoms with Gasteiger partial charge in [0.15, 0.2) is 5.78 Å². The molecule has 1 atom stereocenters. The second-order valence-corrected chi connectivity index (χ2v) is 6.58. The zero-order valence-electron chi connectivity index (χ0n) is 14.0. The highest BCUT2D eigenvalue weighted by atomic mass is 16.5. The molecule has 0 radical (unpaired) electrons. The largest absolute Gasteiger partial charge is 0.494 e. The lowest BCUT2D eigenvalue weighted by atomic mass is 9.76. The average Bonchev–Trinajstić information content (AvgIpc) is 2.49. The van der Waals surface area contributed by atoms with Crippen LogP contribution in [0.4, 0.5) is 0 Å². The van der Waals surface area contributed by atoms with Crippen molar-refractivity contribution in [1.29, 1.82) is 0 Å². The summed E-state index contributed by atoms with van der Waals surface area (Å²) in [6.45, 7) is 9.13. The van der Waals surface area contributed by atoms with Gasteiger partial charge < -0.3 is 9.47 Å². The van der Waals surface area contributed by atoms with Crippen LogP contribution >= 0.6 is 0 Å². The number of allylic oxidation sites excluding steroid dienone is 1. The van der Waals surface area contributed by atoms with E-state index in [1.54, 1.807) is 0 Å². The summed E-state index contributed by atoms with van der Waals surface area (Å²) < 4.78 is 11.9. The topological polar surface area (TPSA) is 35.5 Å². The molecule has 0 spiro atoms. The molecule has 0 heterocycles. The molecule has 1 aliphatic carbocycles. The Labute approximate surface area is 133 Å². The first-order valence-corrected chi connectivity index (χ1v) is 7.95. The molecule has 0 saturated heterocycles. The minimum Gasteiger partial charge on any atom is -0.494 e. The standard InChI is InChI=1S/C19H26O3/c1-14(2)22-18-15(3)17(20)10-11-19(18,4)13-21-12-16-8-6-5-7-9-16/h5-9,14H,10-13H2,1-4H3/t19-/m1/s1. The SMILES string of the molecule is CC1=C(OC(C)C)[C@@](C)(COCc2ccccc2)CCC1=O. The van der Waals surface area contributed by atoms with Gasteiger partial charge in [-0.15, -0.1) is 0 Å². The monoisotopic (exact) mass is 302 g/mol. The van der Waals surface area contributed by atoms with E-state index in [4.69, 9.17) is 9.47 Å². The van der Waals surface area contributed by atoms with Gasteiger partial charge in [-0.3, -0.25) is 4.79 Å². The van der Waals surface area contributed by atoms with Crippen molar-refractivity contribution in [1.82, 2.24) is 0 Å². The Hall–Kier alpha value is -1.61. The van der Waals surface area contributed by atoms with E-state index >= 15 is 0 Å². The first-order valence-electron chi connectivity index (χ1n) is 7.95. The van der Waals surface area contributed by atoms with Gasteiger partial charge in [-0.25, -0.2) is 0 Å². The quantitative estimate of drug-likeness (QED) is 0.787. The molecule has 3 nitrogen and oxygen atoms in total. The molecule has 0 saturated carbocycles. The summed E-state index contributed by atoms with van der Waals surface area (Å²) in [6, 6.07) is 10.1. The van der Waals surface area contributed by atoms with Crippen LogP contribution in [-0.2, 0) is 20.9 Å². The number of rotatable bonds is 6. The Morgan fingerprint density at radius 3 is 2.55 bits per heavy atom. The summed E-state index contributed by atoms with van der Waals surface area (Å²) in [5.41, 5.74) is 1.69. The molecule has 3 heteroatoms. The van der Waals surface area contributed by atoms with Crippen LogP contribution in [0.1, 0.15) is 46.1 Å².